The molecule has 2 heterocycles. The Balaban J connectivity index is 1.27. The smallest absolute Gasteiger partial charge is 0.263 e. The quantitative estimate of drug-likeness (QED) is 0.580. The fraction of sp³-hybridized carbons (Fsp3) is 0.348. The number of aryl methyl sites for hydroxylation is 1. The minimum Gasteiger partial charge on any atom is -0.481 e. The third-order valence-corrected chi connectivity index (χ3v) is 5.55. The van der Waals surface area contributed by atoms with Crippen LogP contribution in [-0.2, 0) is 11.3 Å². The maximum absolute atomic E-state index is 12.8. The molecular formula is C23H25ClN4O3. The van der Waals surface area contributed by atoms with Crippen molar-refractivity contribution in [2.75, 3.05) is 26.2 Å². The van der Waals surface area contributed by atoms with Crippen molar-refractivity contribution in [3.8, 4) is 17.1 Å². The second-order valence-corrected chi connectivity index (χ2v) is 8.13. The van der Waals surface area contributed by atoms with Crippen LogP contribution in [0.1, 0.15) is 18.4 Å². The third-order valence-electron chi connectivity index (χ3n) is 5.29. The highest BCUT2D eigenvalue weighted by Crippen LogP contribution is 2.20. The molecule has 0 radical (unpaired) electrons. The summed E-state index contributed by atoms with van der Waals surface area (Å²) < 4.78 is 11.2. The van der Waals surface area contributed by atoms with Gasteiger partial charge in [0.1, 0.15) is 5.75 Å². The molecule has 7 nitrogen and oxygen atoms in total. The van der Waals surface area contributed by atoms with E-state index >= 15 is 0 Å². The van der Waals surface area contributed by atoms with E-state index in [4.69, 9.17) is 20.9 Å². The molecule has 1 atom stereocenters. The molecule has 1 amide bonds. The van der Waals surface area contributed by atoms with E-state index in [1.165, 1.54) is 0 Å². The van der Waals surface area contributed by atoms with E-state index < -0.39 is 6.10 Å². The number of carbonyl (C=O) groups is 1. The number of aromatic nitrogens is 2. The maximum Gasteiger partial charge on any atom is 0.263 e. The van der Waals surface area contributed by atoms with Gasteiger partial charge in [-0.05, 0) is 50.2 Å². The third kappa shape index (κ3) is 5.42. The normalized spacial score (nSPS) is 15.6. The van der Waals surface area contributed by atoms with E-state index in [2.05, 4.69) is 15.0 Å². The Kier molecular flexibility index (Phi) is 6.53. The van der Waals surface area contributed by atoms with Gasteiger partial charge in [-0.1, -0.05) is 34.5 Å². The highest BCUT2D eigenvalue weighted by molar-refractivity contribution is 6.30. The Morgan fingerprint density at radius 2 is 1.77 bits per heavy atom. The maximum atomic E-state index is 12.8. The first-order valence-electron chi connectivity index (χ1n) is 10.3. The molecule has 1 aliphatic rings. The fourth-order valence-corrected chi connectivity index (χ4v) is 3.61. The fourth-order valence-electron chi connectivity index (χ4n) is 3.48. The Morgan fingerprint density at radius 1 is 1.10 bits per heavy atom. The van der Waals surface area contributed by atoms with Gasteiger partial charge in [0.2, 0.25) is 11.7 Å². The first-order valence-corrected chi connectivity index (χ1v) is 10.7. The predicted molar refractivity (Wildman–Crippen MR) is 118 cm³/mol. The van der Waals surface area contributed by atoms with Crippen LogP contribution < -0.4 is 4.74 Å². The van der Waals surface area contributed by atoms with E-state index in [1.54, 1.807) is 19.1 Å². The molecule has 0 N–H and O–H groups in total. The van der Waals surface area contributed by atoms with Crippen LogP contribution in [0.15, 0.2) is 53.1 Å². The number of ether oxygens (including phenoxy) is 1. The number of amides is 1. The van der Waals surface area contributed by atoms with Gasteiger partial charge in [0.15, 0.2) is 6.10 Å². The number of carbonyl (C=O) groups excluding carboxylic acids is 1. The van der Waals surface area contributed by atoms with Crippen LogP contribution in [0.5, 0.6) is 5.75 Å². The predicted octanol–water partition coefficient (Wildman–Crippen LogP) is 3.81. The zero-order valence-electron chi connectivity index (χ0n) is 17.6. The number of nitrogens with zero attached hydrogens (tertiary/aromatic N) is 4. The van der Waals surface area contributed by atoms with Crippen LogP contribution in [-0.4, -0.2) is 58.1 Å². The van der Waals surface area contributed by atoms with Crippen molar-refractivity contribution in [1.82, 2.24) is 19.9 Å². The molecule has 8 heteroatoms. The number of halogens is 1. The largest absolute Gasteiger partial charge is 0.481 e. The summed E-state index contributed by atoms with van der Waals surface area (Å²) >= 11 is 5.93. The molecule has 1 aliphatic heterocycles. The van der Waals surface area contributed by atoms with Crippen molar-refractivity contribution in [1.29, 1.82) is 0 Å². The van der Waals surface area contributed by atoms with Crippen LogP contribution in [0, 0.1) is 6.92 Å². The lowest BCUT2D eigenvalue weighted by Gasteiger charge is -2.35. The molecule has 1 fully saturated rings. The molecule has 1 saturated heterocycles. The summed E-state index contributed by atoms with van der Waals surface area (Å²) in [5, 5.41) is 4.72. The lowest BCUT2D eigenvalue weighted by Crippen LogP contribution is -2.51. The molecule has 0 aliphatic carbocycles. The van der Waals surface area contributed by atoms with Gasteiger partial charge in [0.25, 0.3) is 5.91 Å². The van der Waals surface area contributed by atoms with Gasteiger partial charge in [-0.15, -0.1) is 0 Å². The number of benzene rings is 2. The summed E-state index contributed by atoms with van der Waals surface area (Å²) in [7, 11) is 0. The molecule has 0 bridgehead atoms. The van der Waals surface area contributed by atoms with Crippen LogP contribution in [0.4, 0.5) is 0 Å². The van der Waals surface area contributed by atoms with Gasteiger partial charge >= 0.3 is 0 Å². The van der Waals surface area contributed by atoms with Crippen LogP contribution in [0.25, 0.3) is 11.4 Å². The molecule has 1 aromatic heterocycles. The van der Waals surface area contributed by atoms with E-state index in [9.17, 15) is 4.79 Å². The van der Waals surface area contributed by atoms with E-state index in [-0.39, 0.29) is 5.91 Å². The van der Waals surface area contributed by atoms with Crippen molar-refractivity contribution in [3.63, 3.8) is 0 Å². The van der Waals surface area contributed by atoms with Crippen molar-refractivity contribution in [3.05, 3.63) is 65.0 Å². The standard InChI is InChI=1S/C23H25ClN4O3/c1-16-3-9-20(10-4-16)30-17(2)23(29)28-13-11-27(12-14-28)15-21-25-22(26-31-21)18-5-7-19(24)8-6-18/h3-10,17H,11-15H2,1-2H3. The van der Waals surface area contributed by atoms with Crippen LogP contribution in [0.3, 0.4) is 0 Å². The molecule has 2 aromatic carbocycles. The first-order chi connectivity index (χ1) is 15.0. The van der Waals surface area contributed by atoms with Crippen molar-refractivity contribution in [2.24, 2.45) is 0 Å². The minimum absolute atomic E-state index is 0.00281. The second-order valence-electron chi connectivity index (χ2n) is 7.69. The van der Waals surface area contributed by atoms with Gasteiger partial charge in [0.05, 0.1) is 6.54 Å². The molecular weight excluding hydrogens is 416 g/mol. The van der Waals surface area contributed by atoms with Gasteiger partial charge < -0.3 is 14.2 Å². The van der Waals surface area contributed by atoms with E-state index in [0.29, 0.717) is 42.1 Å². The zero-order chi connectivity index (χ0) is 21.8. The zero-order valence-corrected chi connectivity index (χ0v) is 18.4. The first kappa shape index (κ1) is 21.3. The minimum atomic E-state index is -0.521. The van der Waals surface area contributed by atoms with Crippen molar-refractivity contribution in [2.45, 2.75) is 26.5 Å². The van der Waals surface area contributed by atoms with Crippen molar-refractivity contribution < 1.29 is 14.1 Å². The van der Waals surface area contributed by atoms with Gasteiger partial charge in [-0.25, -0.2) is 0 Å². The van der Waals surface area contributed by atoms with Gasteiger partial charge in [0, 0.05) is 36.8 Å². The Hall–Kier alpha value is -2.90. The number of rotatable bonds is 6. The topological polar surface area (TPSA) is 71.7 Å². The number of piperazine rings is 1. The summed E-state index contributed by atoms with van der Waals surface area (Å²) in [4.78, 5) is 21.3. The highest BCUT2D eigenvalue weighted by atomic mass is 35.5. The summed E-state index contributed by atoms with van der Waals surface area (Å²) in [5.74, 6) is 1.81. The van der Waals surface area contributed by atoms with Crippen LogP contribution >= 0.6 is 11.6 Å². The number of hydrogen-bond donors (Lipinski definition) is 0. The highest BCUT2D eigenvalue weighted by Gasteiger charge is 2.27. The summed E-state index contributed by atoms with van der Waals surface area (Å²) in [6.07, 6.45) is -0.521. The lowest BCUT2D eigenvalue weighted by atomic mass is 10.2. The van der Waals surface area contributed by atoms with Gasteiger partial charge in [-0.3, -0.25) is 9.69 Å². The molecule has 162 valence electrons. The Bertz CT molecular complexity index is 1010. The number of hydrogen-bond acceptors (Lipinski definition) is 6. The molecule has 1 unspecified atom stereocenters. The Labute approximate surface area is 186 Å². The summed E-state index contributed by atoms with van der Waals surface area (Å²) in [5.41, 5.74) is 2.02. The van der Waals surface area contributed by atoms with Crippen LogP contribution in [0.2, 0.25) is 5.02 Å². The molecule has 31 heavy (non-hydrogen) atoms. The lowest BCUT2D eigenvalue weighted by molar-refractivity contribution is -0.139. The van der Waals surface area contributed by atoms with Crippen molar-refractivity contribution >= 4 is 17.5 Å². The summed E-state index contributed by atoms with van der Waals surface area (Å²) in [6, 6.07) is 15.0. The second kappa shape index (κ2) is 9.49. The summed E-state index contributed by atoms with van der Waals surface area (Å²) in [6.45, 7) is 7.12. The molecule has 0 saturated carbocycles. The van der Waals surface area contributed by atoms with E-state index in [0.717, 1.165) is 24.2 Å². The monoisotopic (exact) mass is 440 g/mol. The molecule has 3 aromatic rings. The molecule has 4 rings (SSSR count). The average Bonchev–Trinajstić information content (AvgIpc) is 3.24. The molecule has 0 spiro atoms. The van der Waals surface area contributed by atoms with Gasteiger partial charge in [-0.2, -0.15) is 4.98 Å². The average molecular weight is 441 g/mol. The van der Waals surface area contributed by atoms with E-state index in [1.807, 2.05) is 48.2 Å². The SMILES string of the molecule is Cc1ccc(OC(C)C(=O)N2CCN(Cc3nc(-c4ccc(Cl)cc4)no3)CC2)cc1. The Morgan fingerprint density at radius 3 is 2.45 bits per heavy atom.